The molecule has 4 rings (SSSR count). The molecule has 0 aromatic heterocycles. The van der Waals surface area contributed by atoms with Gasteiger partial charge < -0.3 is 0 Å². The van der Waals surface area contributed by atoms with Crippen LogP contribution in [0.4, 0.5) is 18.9 Å². The molecule has 0 radical (unpaired) electrons. The lowest BCUT2D eigenvalue weighted by Crippen LogP contribution is -2.37. The molecular weight excluding hydrogens is 455 g/mol. The number of carbonyl (C=O) groups excluding carboxylic acids is 2. The standard InChI is InChI=1S/C16H12Br2F3NO2/c17-12-8-5-9(13(12)18)11-10(8)14(23)22(15(11)24)7-3-1-2-6(4-7)16(19,20)21/h1-4,8-13H,5H2/t8-,9+,10-,11+,12?,13?. The van der Waals surface area contributed by atoms with E-state index in [9.17, 15) is 22.8 Å². The smallest absolute Gasteiger partial charge is 0.274 e. The van der Waals surface area contributed by atoms with Crippen molar-refractivity contribution >= 4 is 49.4 Å². The summed E-state index contributed by atoms with van der Waals surface area (Å²) >= 11 is 7.16. The fourth-order valence-corrected chi connectivity index (χ4v) is 6.30. The van der Waals surface area contributed by atoms with Crippen LogP contribution < -0.4 is 4.90 Å². The zero-order chi connectivity index (χ0) is 17.4. The number of amides is 2. The number of benzene rings is 1. The maximum atomic E-state index is 12.9. The van der Waals surface area contributed by atoms with Crippen molar-refractivity contribution < 1.29 is 22.8 Å². The summed E-state index contributed by atoms with van der Waals surface area (Å²) in [5.74, 6) is -1.54. The Bertz CT molecular complexity index is 706. The maximum Gasteiger partial charge on any atom is 0.416 e. The summed E-state index contributed by atoms with van der Waals surface area (Å²) in [6.45, 7) is 0. The molecule has 0 N–H and O–H groups in total. The molecule has 24 heavy (non-hydrogen) atoms. The molecule has 3 aliphatic rings. The van der Waals surface area contributed by atoms with Gasteiger partial charge in [0, 0.05) is 9.65 Å². The van der Waals surface area contributed by atoms with E-state index in [1.54, 1.807) is 0 Å². The van der Waals surface area contributed by atoms with E-state index < -0.39 is 23.6 Å². The fraction of sp³-hybridized carbons (Fsp3) is 0.500. The third-order valence-electron chi connectivity index (χ3n) is 5.42. The second-order valence-corrected chi connectivity index (χ2v) is 8.68. The fourth-order valence-electron chi connectivity index (χ4n) is 4.42. The summed E-state index contributed by atoms with van der Waals surface area (Å²) in [7, 11) is 0. The number of hydrogen-bond donors (Lipinski definition) is 0. The van der Waals surface area contributed by atoms with E-state index >= 15 is 0 Å². The first kappa shape index (κ1) is 16.6. The average molecular weight is 467 g/mol. The molecule has 0 spiro atoms. The van der Waals surface area contributed by atoms with Crippen LogP contribution in [-0.2, 0) is 15.8 Å². The number of anilines is 1. The molecule has 128 valence electrons. The van der Waals surface area contributed by atoms with Crippen molar-refractivity contribution in [3.8, 4) is 0 Å². The van der Waals surface area contributed by atoms with Crippen molar-refractivity contribution in [2.24, 2.45) is 23.7 Å². The predicted molar refractivity (Wildman–Crippen MR) is 87.9 cm³/mol. The Kier molecular flexibility index (Phi) is 3.66. The van der Waals surface area contributed by atoms with Crippen molar-refractivity contribution in [1.29, 1.82) is 0 Å². The zero-order valence-electron chi connectivity index (χ0n) is 12.1. The highest BCUT2D eigenvalue weighted by molar-refractivity contribution is 9.12. The highest BCUT2D eigenvalue weighted by atomic mass is 79.9. The maximum absolute atomic E-state index is 12.9. The zero-order valence-corrected chi connectivity index (χ0v) is 15.3. The number of nitrogens with zero attached hydrogens (tertiary/aromatic N) is 1. The SMILES string of the molecule is O=C1[C@@H]2[C@H](C(=O)N1c1cccc(C(F)(F)F)c1)[C@H]1C[C@@H]2C(Br)C1Br. The lowest BCUT2D eigenvalue weighted by molar-refractivity contribution is -0.137. The van der Waals surface area contributed by atoms with Crippen molar-refractivity contribution in [1.82, 2.24) is 0 Å². The first-order valence-corrected chi connectivity index (χ1v) is 9.38. The first-order valence-electron chi connectivity index (χ1n) is 7.55. The second-order valence-electron chi connectivity index (χ2n) is 6.56. The number of halogens is 5. The summed E-state index contributed by atoms with van der Waals surface area (Å²) in [5.41, 5.74) is -0.858. The number of hydrogen-bond acceptors (Lipinski definition) is 2. The van der Waals surface area contributed by atoms with Crippen LogP contribution in [0.5, 0.6) is 0 Å². The molecular formula is C16H12Br2F3NO2. The van der Waals surface area contributed by atoms with Gasteiger partial charge in [-0.15, -0.1) is 0 Å². The Morgan fingerprint density at radius 2 is 1.54 bits per heavy atom. The van der Waals surface area contributed by atoms with Crippen LogP contribution in [0.2, 0.25) is 0 Å². The molecule has 2 unspecified atom stereocenters. The third kappa shape index (κ3) is 2.14. The Labute approximate surface area is 152 Å². The van der Waals surface area contributed by atoms with Crippen LogP contribution >= 0.6 is 31.9 Å². The van der Waals surface area contributed by atoms with Gasteiger partial charge in [-0.3, -0.25) is 14.5 Å². The van der Waals surface area contributed by atoms with Gasteiger partial charge in [-0.25, -0.2) is 0 Å². The van der Waals surface area contributed by atoms with Gasteiger partial charge in [0.1, 0.15) is 0 Å². The Balaban J connectivity index is 1.72. The molecule has 3 fully saturated rings. The van der Waals surface area contributed by atoms with Gasteiger partial charge in [-0.2, -0.15) is 13.2 Å². The van der Waals surface area contributed by atoms with E-state index in [4.69, 9.17) is 0 Å². The number of alkyl halides is 5. The lowest BCUT2D eigenvalue weighted by Gasteiger charge is -2.28. The van der Waals surface area contributed by atoms with Gasteiger partial charge in [-0.1, -0.05) is 37.9 Å². The topological polar surface area (TPSA) is 37.4 Å². The number of imide groups is 1. The van der Waals surface area contributed by atoms with Crippen molar-refractivity contribution in [3.63, 3.8) is 0 Å². The van der Waals surface area contributed by atoms with Crippen LogP contribution in [0.15, 0.2) is 24.3 Å². The third-order valence-corrected chi connectivity index (χ3v) is 8.63. The number of carbonyl (C=O) groups is 2. The summed E-state index contributed by atoms with van der Waals surface area (Å²) in [6.07, 6.45) is -3.73. The van der Waals surface area contributed by atoms with E-state index in [0.29, 0.717) is 0 Å². The van der Waals surface area contributed by atoms with E-state index in [0.717, 1.165) is 23.5 Å². The van der Waals surface area contributed by atoms with Crippen LogP contribution in [-0.4, -0.2) is 21.5 Å². The molecule has 3 nitrogen and oxygen atoms in total. The van der Waals surface area contributed by atoms with Crippen molar-refractivity contribution in [2.75, 3.05) is 4.90 Å². The molecule has 6 atom stereocenters. The van der Waals surface area contributed by atoms with Crippen LogP contribution in [0.25, 0.3) is 0 Å². The highest BCUT2D eigenvalue weighted by Gasteiger charge is 2.66. The van der Waals surface area contributed by atoms with Gasteiger partial charge in [-0.05, 0) is 36.5 Å². The summed E-state index contributed by atoms with van der Waals surface area (Å²) in [4.78, 5) is 26.7. The monoisotopic (exact) mass is 465 g/mol. The Hall–Kier alpha value is -0.890. The van der Waals surface area contributed by atoms with Gasteiger partial charge in [0.05, 0.1) is 23.1 Å². The molecule has 1 aromatic carbocycles. The quantitative estimate of drug-likeness (QED) is 0.463. The van der Waals surface area contributed by atoms with E-state index in [-0.39, 0.29) is 39.0 Å². The highest BCUT2D eigenvalue weighted by Crippen LogP contribution is 2.60. The minimum absolute atomic E-state index is 0.00544. The van der Waals surface area contributed by atoms with Crippen molar-refractivity contribution in [3.05, 3.63) is 29.8 Å². The summed E-state index contributed by atoms with van der Waals surface area (Å²) < 4.78 is 38.7. The average Bonchev–Trinajstić information content (AvgIpc) is 3.12. The lowest BCUT2D eigenvalue weighted by atomic mass is 9.81. The number of rotatable bonds is 1. The molecule has 2 saturated carbocycles. The molecule has 1 saturated heterocycles. The van der Waals surface area contributed by atoms with Gasteiger partial charge in [0.15, 0.2) is 0 Å². The van der Waals surface area contributed by atoms with Gasteiger partial charge in [0.25, 0.3) is 0 Å². The van der Waals surface area contributed by atoms with E-state index in [2.05, 4.69) is 31.9 Å². The summed E-state index contributed by atoms with van der Waals surface area (Å²) in [6, 6.07) is 4.41. The Morgan fingerprint density at radius 1 is 1.00 bits per heavy atom. The largest absolute Gasteiger partial charge is 0.416 e. The number of fused-ring (bicyclic) bond motifs is 5. The molecule has 1 aliphatic heterocycles. The Morgan fingerprint density at radius 3 is 2.04 bits per heavy atom. The van der Waals surface area contributed by atoms with Gasteiger partial charge in [0.2, 0.25) is 11.8 Å². The molecule has 2 bridgehead atoms. The molecule has 8 heteroatoms. The molecule has 1 aromatic rings. The van der Waals surface area contributed by atoms with Crippen LogP contribution in [0.1, 0.15) is 12.0 Å². The summed E-state index contributed by atoms with van der Waals surface area (Å²) in [5, 5.41) is 0. The minimum Gasteiger partial charge on any atom is -0.274 e. The predicted octanol–water partition coefficient (Wildman–Crippen LogP) is 3.99. The molecule has 2 amide bonds. The molecule has 1 heterocycles. The second kappa shape index (κ2) is 5.30. The molecule has 2 aliphatic carbocycles. The van der Waals surface area contributed by atoms with Crippen LogP contribution in [0, 0.1) is 23.7 Å². The van der Waals surface area contributed by atoms with Crippen molar-refractivity contribution in [2.45, 2.75) is 22.3 Å². The minimum atomic E-state index is -4.52. The van der Waals surface area contributed by atoms with Gasteiger partial charge >= 0.3 is 6.18 Å². The van der Waals surface area contributed by atoms with Crippen LogP contribution in [0.3, 0.4) is 0 Å². The first-order chi connectivity index (χ1) is 11.2. The normalized spacial score (nSPS) is 38.1. The van der Waals surface area contributed by atoms with E-state index in [1.807, 2.05) is 0 Å². The van der Waals surface area contributed by atoms with E-state index in [1.165, 1.54) is 12.1 Å².